The lowest BCUT2D eigenvalue weighted by Crippen LogP contribution is -2.31. The van der Waals surface area contributed by atoms with Gasteiger partial charge >= 0.3 is 0 Å². The molecule has 0 bridgehead atoms. The van der Waals surface area contributed by atoms with Gasteiger partial charge in [-0.05, 0) is 80.4 Å². The van der Waals surface area contributed by atoms with E-state index < -0.39 is 6.04 Å². The zero-order chi connectivity index (χ0) is 25.8. The first kappa shape index (κ1) is 25.6. The molecule has 1 aliphatic rings. The number of fused-ring (bicyclic) bond motifs is 1. The number of anilines is 2. The van der Waals surface area contributed by atoms with E-state index in [1.807, 2.05) is 71.0 Å². The van der Waals surface area contributed by atoms with E-state index in [4.69, 9.17) is 14.2 Å². The molecule has 0 radical (unpaired) electrons. The van der Waals surface area contributed by atoms with Crippen LogP contribution in [-0.4, -0.2) is 40.0 Å². The molecule has 2 heterocycles. The molecule has 1 amide bonds. The summed E-state index contributed by atoms with van der Waals surface area (Å²) in [5.41, 5.74) is 2.54. The predicted octanol–water partition coefficient (Wildman–Crippen LogP) is 5.55. The smallest absolute Gasteiger partial charge is 0.255 e. The summed E-state index contributed by atoms with van der Waals surface area (Å²) in [6, 6.07) is 10.6. The Morgan fingerprint density at radius 2 is 1.89 bits per heavy atom. The van der Waals surface area contributed by atoms with Gasteiger partial charge in [0.2, 0.25) is 5.95 Å². The van der Waals surface area contributed by atoms with Crippen molar-refractivity contribution in [2.45, 2.75) is 46.8 Å². The Bertz CT molecular complexity index is 1290. The average Bonchev–Trinajstić information content (AvgIpc) is 3.29. The number of para-hydroxylation sites is 2. The number of rotatable bonds is 9. The fraction of sp³-hybridized carbons (Fsp3) is 0.346. The van der Waals surface area contributed by atoms with Gasteiger partial charge in [0.05, 0.1) is 35.1 Å². The largest absolute Gasteiger partial charge is 0.492 e. The molecule has 0 fully saturated rings. The van der Waals surface area contributed by atoms with Gasteiger partial charge in [0, 0.05) is 5.70 Å². The van der Waals surface area contributed by atoms with Crippen molar-refractivity contribution in [1.29, 1.82) is 0 Å². The Balaban J connectivity index is 1.80. The van der Waals surface area contributed by atoms with Crippen molar-refractivity contribution in [3.8, 4) is 17.2 Å². The van der Waals surface area contributed by atoms with E-state index in [0.717, 1.165) is 10.0 Å². The van der Waals surface area contributed by atoms with Crippen LogP contribution < -0.4 is 24.8 Å². The van der Waals surface area contributed by atoms with E-state index in [1.165, 1.54) is 6.33 Å². The lowest BCUT2D eigenvalue weighted by Gasteiger charge is -2.29. The van der Waals surface area contributed by atoms with Crippen molar-refractivity contribution >= 4 is 33.5 Å². The highest BCUT2D eigenvalue weighted by Gasteiger charge is 2.35. The minimum Gasteiger partial charge on any atom is -0.492 e. The molecule has 9 nitrogen and oxygen atoms in total. The number of ether oxygens (including phenoxy) is 3. The van der Waals surface area contributed by atoms with Crippen molar-refractivity contribution in [2.75, 3.05) is 23.8 Å². The van der Waals surface area contributed by atoms with Gasteiger partial charge in [0.15, 0.2) is 11.5 Å². The van der Waals surface area contributed by atoms with E-state index >= 15 is 0 Å². The fourth-order valence-corrected chi connectivity index (χ4v) is 4.65. The average molecular weight is 556 g/mol. The molecule has 0 saturated carbocycles. The number of hydrogen-bond acceptors (Lipinski definition) is 7. The highest BCUT2D eigenvalue weighted by Crippen LogP contribution is 2.43. The highest BCUT2D eigenvalue weighted by molar-refractivity contribution is 9.10. The van der Waals surface area contributed by atoms with E-state index in [0.29, 0.717) is 53.4 Å². The minimum atomic E-state index is -0.563. The van der Waals surface area contributed by atoms with Gasteiger partial charge in [-0.2, -0.15) is 10.1 Å². The van der Waals surface area contributed by atoms with Crippen LogP contribution in [0.1, 0.15) is 46.2 Å². The first-order valence-electron chi connectivity index (χ1n) is 11.9. The van der Waals surface area contributed by atoms with Gasteiger partial charge in [-0.3, -0.25) is 4.79 Å². The lowest BCUT2D eigenvalue weighted by molar-refractivity contribution is -0.113. The summed E-state index contributed by atoms with van der Waals surface area (Å²) in [6.07, 6.45) is 1.42. The van der Waals surface area contributed by atoms with Crippen molar-refractivity contribution in [3.05, 3.63) is 64.0 Å². The van der Waals surface area contributed by atoms with Crippen LogP contribution in [0.25, 0.3) is 0 Å². The predicted molar refractivity (Wildman–Crippen MR) is 142 cm³/mol. The summed E-state index contributed by atoms with van der Waals surface area (Å²) >= 11 is 3.65. The Labute approximate surface area is 219 Å². The molecule has 1 aliphatic heterocycles. The fourth-order valence-electron chi connectivity index (χ4n) is 4.09. The molecule has 4 rings (SSSR count). The van der Waals surface area contributed by atoms with E-state index in [-0.39, 0.29) is 12.0 Å². The Morgan fingerprint density at radius 1 is 1.17 bits per heavy atom. The number of halogens is 1. The number of carbonyl (C=O) groups excluding carboxylic acids is 1. The summed E-state index contributed by atoms with van der Waals surface area (Å²) in [5, 5.41) is 10.6. The first-order chi connectivity index (χ1) is 17.3. The minimum absolute atomic E-state index is 0.0407. The molecule has 0 spiro atoms. The van der Waals surface area contributed by atoms with Gasteiger partial charge in [-0.1, -0.05) is 12.1 Å². The summed E-state index contributed by atoms with van der Waals surface area (Å²) in [4.78, 5) is 18.1. The molecule has 10 heteroatoms. The number of aromatic nitrogens is 3. The molecule has 1 aromatic heterocycles. The van der Waals surface area contributed by atoms with Gasteiger partial charge in [0.25, 0.3) is 5.91 Å². The standard InChI is InChI=1S/C26H30BrN5O4/c1-6-34-20-11-9-8-10-19(20)31-25(33)22-16(5)30-26-28-14-29-32(26)23(22)17-12-18(27)24(36-15(3)4)21(13-17)35-7-2/h8-15,23H,6-7H2,1-5H3,(H,31,33)(H,28,29,30). The van der Waals surface area contributed by atoms with Crippen LogP contribution in [0.3, 0.4) is 0 Å². The summed E-state index contributed by atoms with van der Waals surface area (Å²) in [7, 11) is 0. The molecule has 1 atom stereocenters. The maximum absolute atomic E-state index is 13.8. The topological polar surface area (TPSA) is 99.5 Å². The molecule has 0 aliphatic carbocycles. The second-order valence-electron chi connectivity index (χ2n) is 8.41. The van der Waals surface area contributed by atoms with Crippen molar-refractivity contribution in [1.82, 2.24) is 14.8 Å². The van der Waals surface area contributed by atoms with Crippen LogP contribution in [0.2, 0.25) is 0 Å². The van der Waals surface area contributed by atoms with Crippen molar-refractivity contribution in [2.24, 2.45) is 0 Å². The maximum Gasteiger partial charge on any atom is 0.255 e. The van der Waals surface area contributed by atoms with Gasteiger partial charge < -0.3 is 24.8 Å². The summed E-state index contributed by atoms with van der Waals surface area (Å²) in [6.45, 7) is 10.5. The third kappa shape index (κ3) is 5.18. The monoisotopic (exact) mass is 555 g/mol. The normalized spacial score (nSPS) is 14.8. The van der Waals surface area contributed by atoms with E-state index in [2.05, 4.69) is 36.6 Å². The van der Waals surface area contributed by atoms with Crippen molar-refractivity contribution in [3.63, 3.8) is 0 Å². The maximum atomic E-state index is 13.8. The second kappa shape index (κ2) is 11.0. The van der Waals surface area contributed by atoms with E-state index in [9.17, 15) is 4.79 Å². The number of allylic oxidation sites excluding steroid dienone is 1. The third-order valence-corrected chi connectivity index (χ3v) is 6.06. The molecule has 36 heavy (non-hydrogen) atoms. The summed E-state index contributed by atoms with van der Waals surface area (Å²) in [5.74, 6) is 2.05. The second-order valence-corrected chi connectivity index (χ2v) is 9.26. The van der Waals surface area contributed by atoms with Crippen LogP contribution in [0, 0.1) is 0 Å². The number of hydrogen-bond donors (Lipinski definition) is 2. The number of amides is 1. The van der Waals surface area contributed by atoms with Gasteiger partial charge in [0.1, 0.15) is 18.1 Å². The number of benzene rings is 2. The first-order valence-corrected chi connectivity index (χ1v) is 12.7. The zero-order valence-electron chi connectivity index (χ0n) is 21.0. The number of carbonyl (C=O) groups is 1. The Kier molecular flexibility index (Phi) is 7.83. The van der Waals surface area contributed by atoms with Crippen LogP contribution in [0.4, 0.5) is 11.6 Å². The van der Waals surface area contributed by atoms with Gasteiger partial charge in [-0.25, -0.2) is 4.68 Å². The molecule has 2 aromatic carbocycles. The number of nitrogens with one attached hydrogen (secondary N) is 2. The Morgan fingerprint density at radius 3 is 2.61 bits per heavy atom. The highest BCUT2D eigenvalue weighted by atomic mass is 79.9. The zero-order valence-corrected chi connectivity index (χ0v) is 22.5. The number of nitrogens with zero attached hydrogens (tertiary/aromatic N) is 3. The van der Waals surface area contributed by atoms with Crippen LogP contribution in [0.15, 0.2) is 58.5 Å². The SMILES string of the molecule is CCOc1ccccc1NC(=O)C1=C(C)Nc2ncnn2C1c1cc(Br)c(OC(C)C)c(OCC)c1. The summed E-state index contributed by atoms with van der Waals surface area (Å²) < 4.78 is 20.1. The quantitative estimate of drug-likeness (QED) is 0.357. The van der Waals surface area contributed by atoms with Crippen LogP contribution in [-0.2, 0) is 4.79 Å². The van der Waals surface area contributed by atoms with Crippen LogP contribution in [0.5, 0.6) is 17.2 Å². The molecule has 190 valence electrons. The van der Waals surface area contributed by atoms with E-state index in [1.54, 1.807) is 4.68 Å². The lowest BCUT2D eigenvalue weighted by atomic mass is 9.94. The molecular formula is C26H30BrN5O4. The van der Waals surface area contributed by atoms with Crippen molar-refractivity contribution < 1.29 is 19.0 Å². The molecular weight excluding hydrogens is 526 g/mol. The van der Waals surface area contributed by atoms with Crippen LogP contribution >= 0.6 is 15.9 Å². The molecule has 3 aromatic rings. The third-order valence-electron chi connectivity index (χ3n) is 5.48. The molecule has 0 saturated heterocycles. The molecule has 2 N–H and O–H groups in total. The Hall–Kier alpha value is -3.53. The molecule has 1 unspecified atom stereocenters. The van der Waals surface area contributed by atoms with Gasteiger partial charge in [-0.15, -0.1) is 0 Å².